The number of hydrogen-bond acceptors (Lipinski definition) is 4. The SMILES string of the molecule is COC(C)c1cnc(CNC2CC2)o1. The van der Waals surface area contributed by atoms with Crippen molar-refractivity contribution >= 4 is 0 Å². The number of aromatic nitrogens is 1. The topological polar surface area (TPSA) is 47.3 Å². The van der Waals surface area contributed by atoms with E-state index in [2.05, 4.69) is 10.3 Å². The molecule has 1 unspecified atom stereocenters. The Kier molecular flexibility index (Phi) is 2.84. The highest BCUT2D eigenvalue weighted by Crippen LogP contribution is 2.20. The predicted octanol–water partition coefficient (Wildman–Crippen LogP) is 1.63. The lowest BCUT2D eigenvalue weighted by Crippen LogP contribution is -2.15. The molecule has 1 aromatic rings. The van der Waals surface area contributed by atoms with Gasteiger partial charge in [0.25, 0.3) is 0 Å². The third-order valence-electron chi connectivity index (χ3n) is 2.44. The molecule has 0 amide bonds. The van der Waals surface area contributed by atoms with Crippen molar-refractivity contribution in [3.05, 3.63) is 17.8 Å². The molecule has 1 atom stereocenters. The van der Waals surface area contributed by atoms with E-state index < -0.39 is 0 Å². The van der Waals surface area contributed by atoms with Gasteiger partial charge in [0.05, 0.1) is 12.7 Å². The van der Waals surface area contributed by atoms with Gasteiger partial charge < -0.3 is 14.5 Å². The summed E-state index contributed by atoms with van der Waals surface area (Å²) in [7, 11) is 1.66. The van der Waals surface area contributed by atoms with E-state index in [-0.39, 0.29) is 6.10 Å². The van der Waals surface area contributed by atoms with Crippen LogP contribution in [0.25, 0.3) is 0 Å². The summed E-state index contributed by atoms with van der Waals surface area (Å²) in [5.74, 6) is 1.54. The smallest absolute Gasteiger partial charge is 0.208 e. The summed E-state index contributed by atoms with van der Waals surface area (Å²) in [4.78, 5) is 4.18. The molecule has 4 heteroatoms. The maximum atomic E-state index is 5.52. The van der Waals surface area contributed by atoms with Crippen molar-refractivity contribution in [2.24, 2.45) is 0 Å². The Labute approximate surface area is 83.7 Å². The zero-order valence-electron chi connectivity index (χ0n) is 8.62. The van der Waals surface area contributed by atoms with E-state index in [0.29, 0.717) is 6.04 Å². The van der Waals surface area contributed by atoms with Crippen LogP contribution in [0.15, 0.2) is 10.6 Å². The summed E-state index contributed by atoms with van der Waals surface area (Å²) in [5.41, 5.74) is 0. The highest BCUT2D eigenvalue weighted by Gasteiger charge is 2.21. The third-order valence-corrected chi connectivity index (χ3v) is 2.44. The minimum atomic E-state index is -0.0165. The van der Waals surface area contributed by atoms with Gasteiger partial charge in [0.1, 0.15) is 6.10 Å². The van der Waals surface area contributed by atoms with Crippen LogP contribution < -0.4 is 5.32 Å². The maximum Gasteiger partial charge on any atom is 0.208 e. The van der Waals surface area contributed by atoms with E-state index in [1.807, 2.05) is 6.92 Å². The van der Waals surface area contributed by atoms with Gasteiger partial charge in [0, 0.05) is 13.2 Å². The summed E-state index contributed by atoms with van der Waals surface area (Å²) in [5, 5.41) is 3.35. The van der Waals surface area contributed by atoms with Crippen LogP contribution in [0.1, 0.15) is 37.5 Å². The Morgan fingerprint density at radius 2 is 2.50 bits per heavy atom. The molecule has 1 fully saturated rings. The van der Waals surface area contributed by atoms with Crippen molar-refractivity contribution < 1.29 is 9.15 Å². The van der Waals surface area contributed by atoms with Gasteiger partial charge in [0.15, 0.2) is 5.76 Å². The molecule has 0 saturated heterocycles. The van der Waals surface area contributed by atoms with Gasteiger partial charge in [-0.15, -0.1) is 0 Å². The molecule has 0 spiro atoms. The number of nitrogens with zero attached hydrogens (tertiary/aromatic N) is 1. The first-order valence-corrected chi connectivity index (χ1v) is 5.00. The fraction of sp³-hybridized carbons (Fsp3) is 0.700. The molecule has 2 rings (SSSR count). The number of nitrogens with one attached hydrogen (secondary N) is 1. The number of oxazole rings is 1. The van der Waals surface area contributed by atoms with Crippen molar-refractivity contribution in [2.75, 3.05) is 7.11 Å². The second kappa shape index (κ2) is 4.11. The second-order valence-corrected chi connectivity index (χ2v) is 3.69. The van der Waals surface area contributed by atoms with E-state index in [4.69, 9.17) is 9.15 Å². The Hall–Kier alpha value is -0.870. The van der Waals surface area contributed by atoms with Crippen LogP contribution in [0.3, 0.4) is 0 Å². The van der Waals surface area contributed by atoms with Crippen LogP contribution in [-0.4, -0.2) is 18.1 Å². The van der Waals surface area contributed by atoms with Gasteiger partial charge in [-0.1, -0.05) is 0 Å². The molecular formula is C10H16N2O2. The summed E-state index contributed by atoms with van der Waals surface area (Å²) < 4.78 is 10.6. The zero-order chi connectivity index (χ0) is 9.97. The summed E-state index contributed by atoms with van der Waals surface area (Å²) in [6.07, 6.45) is 4.28. The monoisotopic (exact) mass is 196 g/mol. The van der Waals surface area contributed by atoms with Gasteiger partial charge in [0.2, 0.25) is 5.89 Å². The lowest BCUT2D eigenvalue weighted by Gasteiger charge is -2.03. The van der Waals surface area contributed by atoms with Crippen LogP contribution in [0.5, 0.6) is 0 Å². The lowest BCUT2D eigenvalue weighted by atomic mass is 10.3. The predicted molar refractivity (Wildman–Crippen MR) is 51.8 cm³/mol. The number of rotatable bonds is 5. The average molecular weight is 196 g/mol. The van der Waals surface area contributed by atoms with Gasteiger partial charge in [-0.05, 0) is 19.8 Å². The van der Waals surface area contributed by atoms with Crippen molar-refractivity contribution in [3.8, 4) is 0 Å². The van der Waals surface area contributed by atoms with Crippen LogP contribution in [0.4, 0.5) is 0 Å². The van der Waals surface area contributed by atoms with Crippen LogP contribution in [0, 0.1) is 0 Å². The fourth-order valence-corrected chi connectivity index (χ4v) is 1.23. The zero-order valence-corrected chi connectivity index (χ0v) is 8.62. The van der Waals surface area contributed by atoms with Gasteiger partial charge in [-0.25, -0.2) is 4.98 Å². The van der Waals surface area contributed by atoms with E-state index in [1.165, 1.54) is 12.8 Å². The molecule has 1 aliphatic carbocycles. The van der Waals surface area contributed by atoms with E-state index in [0.717, 1.165) is 18.2 Å². The summed E-state index contributed by atoms with van der Waals surface area (Å²) in [6.45, 7) is 2.67. The summed E-state index contributed by atoms with van der Waals surface area (Å²) in [6, 6.07) is 0.685. The molecular weight excluding hydrogens is 180 g/mol. The largest absolute Gasteiger partial charge is 0.442 e. The molecule has 0 bridgehead atoms. The van der Waals surface area contributed by atoms with Gasteiger partial charge in [-0.3, -0.25) is 0 Å². The Morgan fingerprint density at radius 3 is 3.14 bits per heavy atom. The molecule has 0 aromatic carbocycles. The quantitative estimate of drug-likeness (QED) is 0.777. The molecule has 1 heterocycles. The number of hydrogen-bond donors (Lipinski definition) is 1. The van der Waals surface area contributed by atoms with E-state index in [9.17, 15) is 0 Å². The maximum absolute atomic E-state index is 5.52. The molecule has 1 aromatic heterocycles. The number of ether oxygens (including phenoxy) is 1. The third kappa shape index (κ3) is 2.33. The van der Waals surface area contributed by atoms with Crippen molar-refractivity contribution in [2.45, 2.75) is 38.5 Å². The fourth-order valence-electron chi connectivity index (χ4n) is 1.23. The summed E-state index contributed by atoms with van der Waals surface area (Å²) >= 11 is 0. The van der Waals surface area contributed by atoms with Gasteiger partial charge >= 0.3 is 0 Å². The van der Waals surface area contributed by atoms with E-state index in [1.54, 1.807) is 13.3 Å². The Balaban J connectivity index is 1.87. The highest BCUT2D eigenvalue weighted by atomic mass is 16.5. The van der Waals surface area contributed by atoms with Crippen molar-refractivity contribution in [3.63, 3.8) is 0 Å². The molecule has 1 saturated carbocycles. The highest BCUT2D eigenvalue weighted by molar-refractivity contribution is 4.97. The molecule has 4 nitrogen and oxygen atoms in total. The molecule has 14 heavy (non-hydrogen) atoms. The minimum absolute atomic E-state index is 0.0165. The van der Waals surface area contributed by atoms with Crippen LogP contribution in [-0.2, 0) is 11.3 Å². The minimum Gasteiger partial charge on any atom is -0.442 e. The molecule has 78 valence electrons. The Bertz CT molecular complexity index is 294. The second-order valence-electron chi connectivity index (χ2n) is 3.69. The number of methoxy groups -OCH3 is 1. The molecule has 0 aliphatic heterocycles. The first-order valence-electron chi connectivity index (χ1n) is 5.00. The lowest BCUT2D eigenvalue weighted by molar-refractivity contribution is 0.0981. The van der Waals surface area contributed by atoms with Crippen LogP contribution in [0.2, 0.25) is 0 Å². The van der Waals surface area contributed by atoms with Crippen molar-refractivity contribution in [1.29, 1.82) is 0 Å². The van der Waals surface area contributed by atoms with Crippen LogP contribution >= 0.6 is 0 Å². The first kappa shape index (κ1) is 9.68. The normalized spacial score (nSPS) is 18.4. The Morgan fingerprint density at radius 1 is 1.71 bits per heavy atom. The molecule has 0 radical (unpaired) electrons. The first-order chi connectivity index (χ1) is 6.79. The van der Waals surface area contributed by atoms with Gasteiger partial charge in [-0.2, -0.15) is 0 Å². The average Bonchev–Trinajstić information content (AvgIpc) is 2.92. The standard InChI is InChI=1S/C10H16N2O2/c1-7(13-2)9-5-12-10(14-9)6-11-8-3-4-8/h5,7-8,11H,3-4,6H2,1-2H3. The molecule has 1 N–H and O–H groups in total. The van der Waals surface area contributed by atoms with E-state index >= 15 is 0 Å². The molecule has 1 aliphatic rings. The van der Waals surface area contributed by atoms with Crippen molar-refractivity contribution in [1.82, 2.24) is 10.3 Å².